The Morgan fingerprint density at radius 1 is 1.15 bits per heavy atom. The summed E-state index contributed by atoms with van der Waals surface area (Å²) in [4.78, 5) is 12.6. The Morgan fingerprint density at radius 3 is 2.70 bits per heavy atom. The van der Waals surface area contributed by atoms with Crippen LogP contribution < -0.4 is 14.8 Å². The number of ether oxygens (including phenoxy) is 2. The highest BCUT2D eigenvalue weighted by molar-refractivity contribution is 7.99. The van der Waals surface area contributed by atoms with Crippen molar-refractivity contribution in [2.75, 3.05) is 17.9 Å². The zero-order valence-corrected chi connectivity index (χ0v) is 19.4. The van der Waals surface area contributed by atoms with E-state index in [0.29, 0.717) is 33.2 Å². The number of benzene rings is 2. The van der Waals surface area contributed by atoms with E-state index in [4.69, 9.17) is 21.1 Å². The molecule has 2 aromatic heterocycles. The maximum absolute atomic E-state index is 12.6. The van der Waals surface area contributed by atoms with E-state index in [-0.39, 0.29) is 18.5 Å². The molecule has 1 aliphatic heterocycles. The van der Waals surface area contributed by atoms with Crippen LogP contribution >= 0.6 is 23.4 Å². The lowest BCUT2D eigenvalue weighted by Crippen LogP contribution is -2.14. The number of rotatable bonds is 6. The predicted octanol–water partition coefficient (Wildman–Crippen LogP) is 4.09. The Morgan fingerprint density at radius 2 is 1.94 bits per heavy atom. The Bertz CT molecular complexity index is 1330. The number of carbonyl (C=O) groups is 1. The van der Waals surface area contributed by atoms with E-state index >= 15 is 0 Å². The van der Waals surface area contributed by atoms with E-state index in [1.807, 2.05) is 36.9 Å². The Labute approximate surface area is 198 Å². The Balaban J connectivity index is 1.39. The van der Waals surface area contributed by atoms with Crippen LogP contribution in [0.5, 0.6) is 11.5 Å². The van der Waals surface area contributed by atoms with Crippen LogP contribution in [0.25, 0.3) is 17.1 Å². The summed E-state index contributed by atoms with van der Waals surface area (Å²) in [6.07, 6.45) is 1.90. The molecule has 0 fully saturated rings. The summed E-state index contributed by atoms with van der Waals surface area (Å²) in [6.45, 7) is 2.10. The molecule has 3 heterocycles. The second kappa shape index (κ2) is 8.80. The van der Waals surface area contributed by atoms with E-state index < -0.39 is 0 Å². The van der Waals surface area contributed by atoms with E-state index in [2.05, 4.69) is 20.6 Å². The molecule has 1 amide bonds. The quantitative estimate of drug-likeness (QED) is 0.413. The highest BCUT2D eigenvalue weighted by Gasteiger charge is 2.20. The van der Waals surface area contributed by atoms with Gasteiger partial charge in [0.1, 0.15) is 0 Å². The number of aromatic nitrogens is 5. The van der Waals surface area contributed by atoms with E-state index in [9.17, 15) is 4.79 Å². The van der Waals surface area contributed by atoms with Crippen molar-refractivity contribution in [2.45, 2.75) is 12.1 Å². The number of fused-ring (bicyclic) bond motifs is 1. The first-order chi connectivity index (χ1) is 16.0. The maximum Gasteiger partial charge on any atom is 0.234 e. The molecular weight excluding hydrogens is 464 g/mol. The molecule has 0 spiro atoms. The van der Waals surface area contributed by atoms with Crippen molar-refractivity contribution in [2.24, 2.45) is 7.05 Å². The first kappa shape index (κ1) is 21.4. The molecule has 0 saturated carbocycles. The van der Waals surface area contributed by atoms with Gasteiger partial charge in [-0.15, -0.1) is 10.2 Å². The number of aryl methyl sites for hydroxylation is 2. The fourth-order valence-electron chi connectivity index (χ4n) is 3.48. The van der Waals surface area contributed by atoms with Gasteiger partial charge < -0.3 is 14.8 Å². The van der Waals surface area contributed by atoms with Crippen LogP contribution in [0.15, 0.2) is 53.8 Å². The third-order valence-corrected chi connectivity index (χ3v) is 6.14. The molecule has 0 bridgehead atoms. The molecule has 0 unspecified atom stereocenters. The van der Waals surface area contributed by atoms with Gasteiger partial charge in [0.25, 0.3) is 0 Å². The van der Waals surface area contributed by atoms with Crippen molar-refractivity contribution in [1.82, 2.24) is 24.5 Å². The molecule has 11 heteroatoms. The number of hydrogen-bond donors (Lipinski definition) is 1. The molecule has 33 heavy (non-hydrogen) atoms. The van der Waals surface area contributed by atoms with Gasteiger partial charge in [-0.3, -0.25) is 14.0 Å². The third-order valence-electron chi connectivity index (χ3n) is 4.96. The zero-order valence-electron chi connectivity index (χ0n) is 17.8. The van der Waals surface area contributed by atoms with Crippen LogP contribution in [-0.2, 0) is 11.8 Å². The molecule has 0 radical (unpaired) electrons. The number of hydrogen-bond acceptors (Lipinski definition) is 7. The van der Waals surface area contributed by atoms with Gasteiger partial charge in [-0.2, -0.15) is 5.10 Å². The van der Waals surface area contributed by atoms with Crippen LogP contribution in [0.1, 0.15) is 5.69 Å². The van der Waals surface area contributed by atoms with Gasteiger partial charge in [0.05, 0.1) is 17.0 Å². The fourth-order valence-corrected chi connectivity index (χ4v) is 4.36. The van der Waals surface area contributed by atoms with Crippen molar-refractivity contribution in [1.29, 1.82) is 0 Å². The smallest absolute Gasteiger partial charge is 0.234 e. The largest absolute Gasteiger partial charge is 0.454 e. The van der Waals surface area contributed by atoms with Crippen LogP contribution in [0.4, 0.5) is 5.69 Å². The van der Waals surface area contributed by atoms with E-state index in [1.165, 1.54) is 11.8 Å². The second-order valence-corrected chi connectivity index (χ2v) is 8.70. The number of nitrogens with one attached hydrogen (secondary N) is 1. The molecular formula is C22H19ClN6O3S. The minimum absolute atomic E-state index is 0.145. The van der Waals surface area contributed by atoms with Gasteiger partial charge in [-0.1, -0.05) is 23.4 Å². The van der Waals surface area contributed by atoms with Gasteiger partial charge in [-0.25, -0.2) is 0 Å². The monoisotopic (exact) mass is 482 g/mol. The summed E-state index contributed by atoms with van der Waals surface area (Å²) in [7, 11) is 1.86. The maximum atomic E-state index is 12.6. The van der Waals surface area contributed by atoms with Crippen molar-refractivity contribution >= 4 is 35.0 Å². The molecule has 1 N–H and O–H groups in total. The molecule has 0 saturated heterocycles. The summed E-state index contributed by atoms with van der Waals surface area (Å²) < 4.78 is 14.3. The first-order valence-electron chi connectivity index (χ1n) is 10.0. The molecule has 5 rings (SSSR count). The molecule has 9 nitrogen and oxygen atoms in total. The summed E-state index contributed by atoms with van der Waals surface area (Å²) in [5.74, 6) is 1.88. The molecule has 168 valence electrons. The lowest BCUT2D eigenvalue weighted by molar-refractivity contribution is -0.113. The SMILES string of the molecule is Cc1nn(C)cc1-c1nnc(SCC(=O)Nc2ccc3c(c2)OCO3)n1-c1ccc(Cl)cc1. The first-order valence-corrected chi connectivity index (χ1v) is 11.4. The van der Waals surface area contributed by atoms with Crippen molar-refractivity contribution in [3.8, 4) is 28.6 Å². The molecule has 0 atom stereocenters. The van der Waals surface area contributed by atoms with Crippen LogP contribution in [-0.4, -0.2) is 43.0 Å². The molecule has 2 aromatic carbocycles. The summed E-state index contributed by atoms with van der Waals surface area (Å²) >= 11 is 7.37. The third kappa shape index (κ3) is 4.39. The van der Waals surface area contributed by atoms with Gasteiger partial charge >= 0.3 is 0 Å². The number of amides is 1. The molecule has 4 aromatic rings. The van der Waals surface area contributed by atoms with Crippen LogP contribution in [0.2, 0.25) is 5.02 Å². The molecule has 0 aliphatic carbocycles. The number of thioether (sulfide) groups is 1. The number of halogens is 1. The van der Waals surface area contributed by atoms with Crippen molar-refractivity contribution in [3.05, 3.63) is 59.4 Å². The predicted molar refractivity (Wildman–Crippen MR) is 125 cm³/mol. The number of anilines is 1. The summed E-state index contributed by atoms with van der Waals surface area (Å²) in [5, 5.41) is 17.3. The fraction of sp³-hybridized carbons (Fsp3) is 0.182. The van der Waals surface area contributed by atoms with Gasteiger partial charge in [0, 0.05) is 35.7 Å². The number of nitrogens with zero attached hydrogens (tertiary/aromatic N) is 5. The normalized spacial score (nSPS) is 12.2. The molecule has 1 aliphatic rings. The van der Waals surface area contributed by atoms with E-state index in [0.717, 1.165) is 16.9 Å². The standard InChI is InChI=1S/C22H19ClN6O3S/c1-13-17(10-28(2)27-13)21-25-26-22(29(21)16-6-3-14(23)4-7-16)33-11-20(30)24-15-5-8-18-19(9-15)32-12-31-18/h3-10H,11-12H2,1-2H3,(H,24,30). The van der Waals surface area contributed by atoms with Gasteiger partial charge in [-0.05, 0) is 43.3 Å². The summed E-state index contributed by atoms with van der Waals surface area (Å²) in [6, 6.07) is 12.7. The summed E-state index contributed by atoms with van der Waals surface area (Å²) in [5.41, 5.74) is 3.16. The Kier molecular flexibility index (Phi) is 5.69. The van der Waals surface area contributed by atoms with Crippen LogP contribution in [0.3, 0.4) is 0 Å². The highest BCUT2D eigenvalue weighted by atomic mass is 35.5. The topological polar surface area (TPSA) is 96.1 Å². The zero-order chi connectivity index (χ0) is 22.9. The minimum atomic E-state index is -0.177. The van der Waals surface area contributed by atoms with Gasteiger partial charge in [0.2, 0.25) is 12.7 Å². The lowest BCUT2D eigenvalue weighted by Gasteiger charge is -2.10. The van der Waals surface area contributed by atoms with Gasteiger partial charge in [0.15, 0.2) is 22.5 Å². The second-order valence-electron chi connectivity index (χ2n) is 7.32. The number of carbonyl (C=O) groups excluding carboxylic acids is 1. The minimum Gasteiger partial charge on any atom is -0.454 e. The van der Waals surface area contributed by atoms with E-state index in [1.54, 1.807) is 35.0 Å². The average molecular weight is 483 g/mol. The lowest BCUT2D eigenvalue weighted by atomic mass is 10.2. The highest BCUT2D eigenvalue weighted by Crippen LogP contribution is 2.34. The Hall–Kier alpha value is -3.50. The van der Waals surface area contributed by atoms with Crippen molar-refractivity contribution in [3.63, 3.8) is 0 Å². The van der Waals surface area contributed by atoms with Crippen LogP contribution in [0, 0.1) is 6.92 Å². The van der Waals surface area contributed by atoms with Crippen molar-refractivity contribution < 1.29 is 14.3 Å². The average Bonchev–Trinajstić information content (AvgIpc) is 3.50.